The summed E-state index contributed by atoms with van der Waals surface area (Å²) in [6, 6.07) is 1.55. The predicted octanol–water partition coefficient (Wildman–Crippen LogP) is 2.32. The zero-order valence-electron chi connectivity index (χ0n) is 19.7. The molecule has 1 aliphatic carbocycles. The van der Waals surface area contributed by atoms with Crippen LogP contribution in [-0.4, -0.2) is 49.2 Å². The number of anilines is 1. The molecule has 1 atom stereocenters. The molecule has 1 saturated heterocycles. The zero-order valence-corrected chi connectivity index (χ0v) is 20.5. The molecule has 0 bridgehead atoms. The van der Waals surface area contributed by atoms with Gasteiger partial charge < -0.3 is 9.47 Å². The van der Waals surface area contributed by atoms with Crippen molar-refractivity contribution in [2.24, 2.45) is 11.8 Å². The van der Waals surface area contributed by atoms with Gasteiger partial charge in [-0.05, 0) is 28.9 Å². The molecule has 0 spiro atoms. The van der Waals surface area contributed by atoms with Crippen molar-refractivity contribution in [3.63, 3.8) is 0 Å². The summed E-state index contributed by atoms with van der Waals surface area (Å²) in [6.45, 7) is 1.18. The SMILES string of the molecule is COC1=C=[N+]=C(C(F)F)C=C1c1cc(C#CC2CCOC2)[n+]#cc1C(=O)Nc1ncc(C#CC2CC2)s1. The lowest BCUT2D eigenvalue weighted by molar-refractivity contribution is -0.298. The maximum atomic E-state index is 13.5. The quantitative estimate of drug-likeness (QED) is 0.485. The summed E-state index contributed by atoms with van der Waals surface area (Å²) in [7, 11) is 1.37. The number of nitrogens with zero attached hydrogens (tertiary/aromatic N) is 3. The van der Waals surface area contributed by atoms with E-state index >= 15 is 0 Å². The van der Waals surface area contributed by atoms with E-state index in [1.54, 1.807) is 12.3 Å². The maximum Gasteiger partial charge on any atom is 0.391 e. The molecule has 4 heterocycles. The molecule has 5 rings (SSSR count). The second kappa shape index (κ2) is 10.8. The van der Waals surface area contributed by atoms with Crippen molar-refractivity contribution >= 4 is 39.5 Å². The normalized spacial score (nSPS) is 17.9. The Bertz CT molecular complexity index is 1500. The van der Waals surface area contributed by atoms with E-state index in [1.165, 1.54) is 18.4 Å². The van der Waals surface area contributed by atoms with Gasteiger partial charge in [-0.2, -0.15) is 8.78 Å². The summed E-state index contributed by atoms with van der Waals surface area (Å²) in [5, 5.41) is 3.07. The molecule has 37 heavy (non-hydrogen) atoms. The van der Waals surface area contributed by atoms with Gasteiger partial charge in [-0.25, -0.2) is 4.98 Å². The van der Waals surface area contributed by atoms with E-state index in [9.17, 15) is 13.6 Å². The van der Waals surface area contributed by atoms with Crippen molar-refractivity contribution in [2.75, 3.05) is 25.6 Å². The maximum absolute atomic E-state index is 13.5. The van der Waals surface area contributed by atoms with Crippen molar-refractivity contribution in [1.82, 2.24) is 9.65 Å². The molecule has 2 aromatic heterocycles. The van der Waals surface area contributed by atoms with Crippen LogP contribution in [-0.2, 0) is 9.47 Å². The number of methoxy groups -OCH3 is 1. The van der Waals surface area contributed by atoms with Gasteiger partial charge in [0.2, 0.25) is 0 Å². The molecule has 10 heteroatoms. The third-order valence-corrected chi connectivity index (χ3v) is 6.47. The first-order valence-electron chi connectivity index (χ1n) is 11.6. The molecular formula is C27H20F2N4O3S+2. The first kappa shape index (κ1) is 24.5. The highest BCUT2D eigenvalue weighted by Gasteiger charge is 2.32. The van der Waals surface area contributed by atoms with Gasteiger partial charge >= 0.3 is 29.9 Å². The van der Waals surface area contributed by atoms with Gasteiger partial charge in [0, 0.05) is 47.6 Å². The number of halogens is 2. The average molecular weight is 519 g/mol. The Morgan fingerprint density at radius 3 is 2.86 bits per heavy atom. The van der Waals surface area contributed by atoms with Gasteiger partial charge in [0.15, 0.2) is 10.7 Å². The average Bonchev–Trinajstić information content (AvgIpc) is 3.38. The first-order valence-corrected chi connectivity index (χ1v) is 12.4. The van der Waals surface area contributed by atoms with Crippen molar-refractivity contribution in [3.05, 3.63) is 52.0 Å². The molecule has 2 aromatic rings. The molecule has 1 saturated carbocycles. The molecule has 3 aliphatic rings. The van der Waals surface area contributed by atoms with Crippen LogP contribution in [0.5, 0.6) is 0 Å². The molecule has 1 unspecified atom stereocenters. The summed E-state index contributed by atoms with van der Waals surface area (Å²) in [5.74, 6) is 14.8. The van der Waals surface area contributed by atoms with E-state index in [0.29, 0.717) is 30.0 Å². The van der Waals surface area contributed by atoms with Crippen LogP contribution in [0.3, 0.4) is 0 Å². The predicted molar refractivity (Wildman–Crippen MR) is 133 cm³/mol. The van der Waals surface area contributed by atoms with E-state index in [-0.39, 0.29) is 28.4 Å². The summed E-state index contributed by atoms with van der Waals surface area (Å²) in [4.78, 5) is 22.4. The third-order valence-electron chi connectivity index (χ3n) is 5.64. The number of rotatable bonds is 5. The summed E-state index contributed by atoms with van der Waals surface area (Å²) >= 11 is 1.24. The van der Waals surface area contributed by atoms with Gasteiger partial charge in [-0.1, -0.05) is 29.1 Å². The molecule has 7 nitrogen and oxygen atoms in total. The highest BCUT2D eigenvalue weighted by Crippen LogP contribution is 2.29. The Kier molecular flexibility index (Phi) is 7.15. The molecule has 0 aromatic carbocycles. The molecule has 0 radical (unpaired) electrons. The number of nitrogens with one attached hydrogen (secondary N) is 1. The Labute approximate surface area is 216 Å². The molecule has 1 N–H and O–H groups in total. The minimum atomic E-state index is -2.84. The van der Waals surface area contributed by atoms with E-state index in [4.69, 9.17) is 9.47 Å². The van der Waals surface area contributed by atoms with Gasteiger partial charge in [0.1, 0.15) is 0 Å². The van der Waals surface area contributed by atoms with Crippen LogP contribution < -0.4 is 15.0 Å². The molecule has 2 aliphatic heterocycles. The smallest absolute Gasteiger partial charge is 0.391 e. The number of hydrogen-bond acceptors (Lipinski definition) is 5. The second-order valence-electron chi connectivity index (χ2n) is 8.44. The van der Waals surface area contributed by atoms with Crippen LogP contribution in [0.25, 0.3) is 5.57 Å². The van der Waals surface area contributed by atoms with Gasteiger partial charge in [-0.15, -0.1) is 0 Å². The lowest BCUT2D eigenvalue weighted by Gasteiger charge is -2.08. The number of carbonyl (C=O) groups is 1. The Balaban J connectivity index is 1.49. The number of hydrogen-bond donors (Lipinski definition) is 1. The number of thiazole rings is 1. The second-order valence-corrected chi connectivity index (χ2v) is 9.47. The molecule has 184 valence electrons. The number of aromatic nitrogens is 2. The summed E-state index contributed by atoms with van der Waals surface area (Å²) in [6.07, 6.45) is 5.69. The Morgan fingerprint density at radius 2 is 2.14 bits per heavy atom. The summed E-state index contributed by atoms with van der Waals surface area (Å²) < 4.78 is 41.2. The number of carbonyl (C=O) groups excluding carboxylic acids is 1. The van der Waals surface area contributed by atoms with Gasteiger partial charge in [0.25, 0.3) is 11.7 Å². The topological polar surface area (TPSA) is 88.7 Å². The number of alkyl halides is 2. The fourth-order valence-electron chi connectivity index (χ4n) is 3.53. The van der Waals surface area contributed by atoms with E-state index < -0.39 is 18.0 Å². The van der Waals surface area contributed by atoms with Gasteiger partial charge in [-0.3, -0.25) is 10.1 Å². The number of allylic oxidation sites excluding steroid dienone is 2. The highest BCUT2D eigenvalue weighted by atomic mass is 32.1. The van der Waals surface area contributed by atoms with Crippen LogP contribution in [0.15, 0.2) is 24.1 Å². The molecule has 1 amide bonds. The van der Waals surface area contributed by atoms with Crippen molar-refractivity contribution < 1.29 is 28.0 Å². The molecular weight excluding hydrogens is 498 g/mol. The van der Waals surface area contributed by atoms with Crippen LogP contribution >= 0.6 is 11.3 Å². The van der Waals surface area contributed by atoms with Crippen LogP contribution in [0, 0.1) is 41.7 Å². The van der Waals surface area contributed by atoms with Crippen LogP contribution in [0.2, 0.25) is 0 Å². The fraction of sp³-hybridized carbons (Fsp3) is 0.333. The van der Waals surface area contributed by atoms with Crippen molar-refractivity contribution in [1.29, 1.82) is 0 Å². The highest BCUT2D eigenvalue weighted by molar-refractivity contribution is 7.16. The zero-order chi connectivity index (χ0) is 25.8. The largest absolute Gasteiger partial charge is 0.484 e. The first-order chi connectivity index (χ1) is 18.0. The Hall–Kier alpha value is -4.22. The van der Waals surface area contributed by atoms with E-state index in [1.807, 2.05) is 0 Å². The van der Waals surface area contributed by atoms with Crippen LogP contribution in [0.4, 0.5) is 13.9 Å². The minimum absolute atomic E-state index is 0.00804. The Morgan fingerprint density at radius 1 is 1.30 bits per heavy atom. The number of ether oxygens (including phenoxy) is 2. The minimum Gasteiger partial charge on any atom is -0.484 e. The van der Waals surface area contributed by atoms with Gasteiger partial charge in [0.05, 0.1) is 24.8 Å². The fourth-order valence-corrected chi connectivity index (χ4v) is 4.20. The van der Waals surface area contributed by atoms with Crippen molar-refractivity contribution in [2.45, 2.75) is 25.7 Å². The number of amides is 1. The summed E-state index contributed by atoms with van der Waals surface area (Å²) in [5.41, 5.74) is 0.270. The van der Waals surface area contributed by atoms with E-state index in [0.717, 1.165) is 30.2 Å². The van der Waals surface area contributed by atoms with Crippen LogP contribution in [0.1, 0.15) is 45.8 Å². The molecule has 2 fully saturated rings. The standard InChI is InChI=1S/C27H19F2N4O3S/c1-35-24-14-31-23(25(28)29)11-21(24)20-10-18(6-4-17-8-9-36-15-17)30-13-22(20)26(34)33-27-32-12-19(37-27)7-5-16-2-3-16/h10-12,16-17,25H,2-3,8-9,15H2,1H3/q+1/p+1. The third kappa shape index (κ3) is 5.96. The van der Waals surface area contributed by atoms with Crippen molar-refractivity contribution in [3.8, 4) is 23.7 Å². The monoisotopic (exact) mass is 518 g/mol. The van der Waals surface area contributed by atoms with E-state index in [2.05, 4.69) is 55.7 Å². The lowest BCUT2D eigenvalue weighted by Crippen LogP contribution is -2.19. The lowest BCUT2D eigenvalue weighted by atomic mass is 9.97.